The summed E-state index contributed by atoms with van der Waals surface area (Å²) in [6, 6.07) is 36.8. The number of fused-ring (bicyclic) bond motifs is 2. The number of nitrogens with one attached hydrogen (secondary N) is 4. The Balaban J connectivity index is 0.692. The smallest absolute Gasteiger partial charge is 0.372 e. The van der Waals surface area contributed by atoms with Crippen molar-refractivity contribution in [1.82, 2.24) is 30.5 Å². The van der Waals surface area contributed by atoms with Crippen LogP contribution in [0.1, 0.15) is 90.0 Å². The maximum atomic E-state index is 13.7. The molecule has 2 aromatic heterocycles. The first-order valence-corrected chi connectivity index (χ1v) is 31.0. The average molecular weight is 1180 g/mol. The van der Waals surface area contributed by atoms with Crippen molar-refractivity contribution in [3.8, 4) is 33.8 Å². The minimum absolute atomic E-state index is 0.0674. The van der Waals surface area contributed by atoms with Gasteiger partial charge in [0, 0.05) is 72.2 Å². The maximum Gasteiger partial charge on any atom is 0.372 e. The van der Waals surface area contributed by atoms with E-state index in [9.17, 15) is 23.7 Å². The molecule has 2 aliphatic rings. The highest BCUT2D eigenvalue weighted by Crippen LogP contribution is 2.45. The van der Waals surface area contributed by atoms with Gasteiger partial charge in [-0.15, -0.1) is 0 Å². The molecule has 20 heteroatoms. The lowest BCUT2D eigenvalue weighted by Crippen LogP contribution is -2.35. The quantitative estimate of drug-likeness (QED) is 0.0269. The molecule has 0 saturated carbocycles. The lowest BCUT2D eigenvalue weighted by atomic mass is 9.93. The first-order chi connectivity index (χ1) is 41.7. The van der Waals surface area contributed by atoms with E-state index in [-0.39, 0.29) is 18.0 Å². The van der Waals surface area contributed by atoms with Gasteiger partial charge in [0.05, 0.1) is 44.9 Å². The number of ether oxygens (including phenoxy) is 2. The standard InChI is InChI=1S/C66H73N10O9P/c1-6-86(81,84-71-65(79)69-57-27-9-7-21-49(57)41-73-43-51(39-67-73)53-23-13-29-59-55(53)25-15-35-75(59)63(77)33-17-37-82-61-31-11-19-45(2)47(61)4)85-72-66(80)70-58-28-10-8-22-50(58)42-74-44-52(40-68-74)54-24-14-30-60-56(54)26-16-36-76(60)64(78)34-18-38-83-62-32-12-20-46(3)48(62)5/h7-14,19-24,27-32,39-40,43-44H,6,15-18,25-26,33-38,41-42H2,1-5H3,(H2,69,71,79)(H2,70,72,80). The van der Waals surface area contributed by atoms with E-state index < -0.39 is 19.7 Å². The summed E-state index contributed by atoms with van der Waals surface area (Å²) in [5.74, 6) is 1.83. The number of rotatable bonds is 23. The number of benzene rings is 6. The zero-order valence-electron chi connectivity index (χ0n) is 49.3. The van der Waals surface area contributed by atoms with E-state index >= 15 is 0 Å². The maximum absolute atomic E-state index is 13.7. The molecule has 19 nitrogen and oxygen atoms in total. The lowest BCUT2D eigenvalue weighted by Gasteiger charge is -2.31. The number of carbonyl (C=O) groups is 4. The Kier molecular flexibility index (Phi) is 19.4. The number of amides is 6. The van der Waals surface area contributed by atoms with Crippen molar-refractivity contribution in [2.75, 3.05) is 52.9 Å². The average Bonchev–Trinajstić information content (AvgIpc) is 3.81. The van der Waals surface area contributed by atoms with E-state index in [1.54, 1.807) is 46.0 Å². The zero-order chi connectivity index (χ0) is 60.2. The SMILES string of the molecule is CCP(=O)(ONC(=O)Nc1ccccc1Cn1cc(-c2cccc3c2CCCN3C(=O)CCCOc2cccc(C)c2C)cn1)ONC(=O)Nc1ccccc1Cn1cc(-c2cccc3c2CCCN3C(=O)CCCOc2cccc(C)c2C)cn1. The van der Waals surface area contributed by atoms with Gasteiger partial charge in [0.2, 0.25) is 11.8 Å². The first-order valence-electron chi connectivity index (χ1n) is 29.3. The largest absolute Gasteiger partial charge is 0.493 e. The van der Waals surface area contributed by atoms with Crippen LogP contribution in [0.5, 0.6) is 11.5 Å². The molecule has 4 N–H and O–H groups in total. The molecular weight excluding hydrogens is 1110 g/mol. The predicted molar refractivity (Wildman–Crippen MR) is 334 cm³/mol. The number of hydrogen-bond acceptors (Lipinski definition) is 11. The molecule has 0 saturated heterocycles. The molecule has 0 aliphatic carbocycles. The van der Waals surface area contributed by atoms with E-state index in [2.05, 4.69) is 69.9 Å². The number of nitrogens with zero attached hydrogens (tertiary/aromatic N) is 6. The van der Waals surface area contributed by atoms with Gasteiger partial charge in [-0.05, 0) is 158 Å². The van der Waals surface area contributed by atoms with Crippen LogP contribution in [-0.4, -0.2) is 75.9 Å². The highest BCUT2D eigenvalue weighted by Gasteiger charge is 2.29. The normalized spacial score (nSPS) is 12.9. The minimum atomic E-state index is -4.11. The lowest BCUT2D eigenvalue weighted by molar-refractivity contribution is -0.119. The summed E-state index contributed by atoms with van der Waals surface area (Å²) in [4.78, 5) is 57.5. The summed E-state index contributed by atoms with van der Waals surface area (Å²) < 4.78 is 39.9. The summed E-state index contributed by atoms with van der Waals surface area (Å²) in [6.45, 7) is 12.5. The number of hydroxylamine groups is 2. The second-order valence-electron chi connectivity index (χ2n) is 21.6. The molecule has 0 spiro atoms. The Bertz CT molecular complexity index is 3560. The van der Waals surface area contributed by atoms with Gasteiger partial charge in [-0.2, -0.15) is 19.4 Å². The van der Waals surface area contributed by atoms with Crippen molar-refractivity contribution in [3.63, 3.8) is 0 Å². The van der Waals surface area contributed by atoms with Gasteiger partial charge in [-0.3, -0.25) is 23.5 Å². The number of aryl methyl sites for hydroxylation is 2. The molecule has 0 atom stereocenters. The summed E-state index contributed by atoms with van der Waals surface area (Å²) in [5.41, 5.74) is 19.1. The molecule has 86 heavy (non-hydrogen) atoms. The highest BCUT2D eigenvalue weighted by atomic mass is 31.2. The van der Waals surface area contributed by atoms with E-state index in [0.717, 1.165) is 104 Å². The number of carbonyl (C=O) groups excluding carboxylic acids is 4. The predicted octanol–water partition coefficient (Wildman–Crippen LogP) is 13.0. The molecule has 8 aromatic rings. The van der Waals surface area contributed by atoms with Crippen molar-refractivity contribution < 1.29 is 42.5 Å². The molecule has 6 amide bonds. The zero-order valence-corrected chi connectivity index (χ0v) is 50.2. The van der Waals surface area contributed by atoms with Crippen LogP contribution < -0.4 is 40.9 Å². The van der Waals surface area contributed by atoms with Crippen LogP contribution in [0.3, 0.4) is 0 Å². The molecule has 6 aromatic carbocycles. The van der Waals surface area contributed by atoms with Crippen LogP contribution in [-0.2, 0) is 49.3 Å². The van der Waals surface area contributed by atoms with E-state index in [0.29, 0.717) is 76.5 Å². The number of anilines is 4. The van der Waals surface area contributed by atoms with Crippen LogP contribution in [0.25, 0.3) is 22.3 Å². The fourth-order valence-electron chi connectivity index (χ4n) is 10.9. The van der Waals surface area contributed by atoms with Gasteiger partial charge in [0.15, 0.2) is 0 Å². The van der Waals surface area contributed by atoms with Crippen molar-refractivity contribution in [2.45, 2.75) is 99.1 Å². The fourth-order valence-corrected chi connectivity index (χ4v) is 11.6. The molecule has 4 heterocycles. The van der Waals surface area contributed by atoms with Gasteiger partial charge in [-0.25, -0.2) is 20.5 Å². The number of urea groups is 2. The Morgan fingerprint density at radius 2 is 0.977 bits per heavy atom. The van der Waals surface area contributed by atoms with E-state index in [1.165, 1.54) is 18.1 Å². The second kappa shape index (κ2) is 27.8. The van der Waals surface area contributed by atoms with Crippen molar-refractivity contribution in [3.05, 3.63) is 191 Å². The summed E-state index contributed by atoms with van der Waals surface area (Å²) in [7, 11) is -4.11. The Morgan fingerprint density at radius 1 is 0.547 bits per heavy atom. The topological polar surface area (TPSA) is 213 Å². The van der Waals surface area contributed by atoms with E-state index in [1.807, 2.05) is 109 Å². The van der Waals surface area contributed by atoms with Crippen LogP contribution in [0.2, 0.25) is 0 Å². The van der Waals surface area contributed by atoms with Gasteiger partial charge in [0.1, 0.15) is 11.5 Å². The number of para-hydroxylation sites is 2. The Labute approximate surface area is 501 Å². The van der Waals surface area contributed by atoms with Gasteiger partial charge < -0.3 is 29.9 Å². The summed E-state index contributed by atoms with van der Waals surface area (Å²) >= 11 is 0. The minimum Gasteiger partial charge on any atom is -0.493 e. The summed E-state index contributed by atoms with van der Waals surface area (Å²) in [5, 5.41) is 14.9. The Morgan fingerprint density at radius 3 is 1.42 bits per heavy atom. The first kappa shape index (κ1) is 60.1. The highest BCUT2D eigenvalue weighted by molar-refractivity contribution is 7.53. The molecule has 0 radical (unpaired) electrons. The van der Waals surface area contributed by atoms with Crippen LogP contribution in [0, 0.1) is 27.7 Å². The van der Waals surface area contributed by atoms with Gasteiger partial charge in [-0.1, -0.05) is 91.9 Å². The molecule has 2 aliphatic heterocycles. The van der Waals surface area contributed by atoms with Crippen LogP contribution >= 0.6 is 7.60 Å². The molecule has 10 rings (SSSR count). The number of aromatic nitrogens is 4. The third-order valence-electron chi connectivity index (χ3n) is 15.8. The Hall–Kier alpha value is -9.03. The van der Waals surface area contributed by atoms with Crippen LogP contribution in [0.15, 0.2) is 146 Å². The van der Waals surface area contributed by atoms with E-state index in [4.69, 9.17) is 18.7 Å². The third kappa shape index (κ3) is 14.5. The molecule has 0 fully saturated rings. The summed E-state index contributed by atoms with van der Waals surface area (Å²) in [6.07, 6.45) is 12.6. The fraction of sp³-hybridized carbons (Fsp3) is 0.303. The van der Waals surface area contributed by atoms with Gasteiger partial charge in [0.25, 0.3) is 0 Å². The van der Waals surface area contributed by atoms with Crippen LogP contribution in [0.4, 0.5) is 32.3 Å². The monoisotopic (exact) mass is 1180 g/mol. The molecule has 0 bridgehead atoms. The molecule has 0 unspecified atom stereocenters. The molecular formula is C66H73N10O9P. The van der Waals surface area contributed by atoms with Crippen molar-refractivity contribution >= 4 is 54.2 Å². The molecule has 446 valence electrons. The second-order valence-corrected chi connectivity index (χ2v) is 23.8. The third-order valence-corrected chi connectivity index (χ3v) is 17.3. The van der Waals surface area contributed by atoms with Gasteiger partial charge >= 0.3 is 19.7 Å². The van der Waals surface area contributed by atoms with Crippen molar-refractivity contribution in [1.29, 1.82) is 0 Å². The number of hydrogen-bond donors (Lipinski definition) is 4. The van der Waals surface area contributed by atoms with Crippen molar-refractivity contribution in [2.24, 2.45) is 0 Å².